The number of nitrogens with zero attached hydrogens (tertiary/aromatic N) is 3. The van der Waals surface area contributed by atoms with E-state index >= 15 is 0 Å². The number of nitrogens with two attached hydrogens (primary N) is 1. The summed E-state index contributed by atoms with van der Waals surface area (Å²) in [6, 6.07) is 0.187. The molecule has 1 saturated heterocycles. The Balaban J connectivity index is 2.06. The highest BCUT2D eigenvalue weighted by atomic mass is 15.5. The molecule has 1 aromatic heterocycles. The summed E-state index contributed by atoms with van der Waals surface area (Å²) >= 11 is 0. The van der Waals surface area contributed by atoms with Gasteiger partial charge < -0.3 is 5.73 Å². The third kappa shape index (κ3) is 3.10. The summed E-state index contributed by atoms with van der Waals surface area (Å²) in [6.45, 7) is 4.99. The molecule has 0 spiro atoms. The second-order valence-corrected chi connectivity index (χ2v) is 5.02. The third-order valence-corrected chi connectivity index (χ3v) is 3.58. The van der Waals surface area contributed by atoms with Crippen LogP contribution < -0.4 is 11.2 Å². The van der Waals surface area contributed by atoms with Gasteiger partial charge in [-0.25, -0.2) is 10.4 Å². The van der Waals surface area contributed by atoms with Gasteiger partial charge in [-0.1, -0.05) is 13.3 Å². The molecule has 0 amide bonds. The maximum atomic E-state index is 5.93. The average Bonchev–Trinajstić information content (AvgIpc) is 2.78. The van der Waals surface area contributed by atoms with Gasteiger partial charge in [-0.2, -0.15) is 5.10 Å². The minimum Gasteiger partial charge on any atom is -0.329 e. The van der Waals surface area contributed by atoms with Crippen LogP contribution in [0, 0.1) is 0 Å². The summed E-state index contributed by atoms with van der Waals surface area (Å²) < 4.78 is 1.88. The fraction of sp³-hybridized carbons (Fsp3) is 0.769. The van der Waals surface area contributed by atoms with Gasteiger partial charge in [0.15, 0.2) is 0 Å². The zero-order valence-electron chi connectivity index (χ0n) is 11.5. The van der Waals surface area contributed by atoms with Gasteiger partial charge in [-0.15, -0.1) is 0 Å². The number of nitrogens with one attached hydrogen (secondary N) is 1. The summed E-state index contributed by atoms with van der Waals surface area (Å²) in [4.78, 5) is 0. The monoisotopic (exact) mass is 251 g/mol. The number of hydrogen-bond acceptors (Lipinski definition) is 4. The van der Waals surface area contributed by atoms with Crippen LogP contribution in [0.25, 0.3) is 0 Å². The van der Waals surface area contributed by atoms with Gasteiger partial charge in [-0.3, -0.25) is 4.68 Å². The lowest BCUT2D eigenvalue weighted by Crippen LogP contribution is -2.45. The van der Waals surface area contributed by atoms with Crippen molar-refractivity contribution in [3.8, 4) is 0 Å². The fourth-order valence-electron chi connectivity index (χ4n) is 2.61. The van der Waals surface area contributed by atoms with Crippen LogP contribution in [-0.4, -0.2) is 34.4 Å². The van der Waals surface area contributed by atoms with Crippen molar-refractivity contribution in [1.82, 2.24) is 20.2 Å². The Morgan fingerprint density at radius 2 is 2.11 bits per heavy atom. The second-order valence-electron chi connectivity index (χ2n) is 5.02. The van der Waals surface area contributed by atoms with E-state index in [9.17, 15) is 0 Å². The van der Waals surface area contributed by atoms with Crippen molar-refractivity contribution >= 4 is 0 Å². The van der Waals surface area contributed by atoms with Gasteiger partial charge in [0, 0.05) is 38.4 Å². The lowest BCUT2D eigenvalue weighted by atomic mass is 10.1. The molecule has 1 aliphatic heterocycles. The lowest BCUT2D eigenvalue weighted by Gasteiger charge is -2.31. The van der Waals surface area contributed by atoms with Crippen LogP contribution in [0.15, 0.2) is 6.20 Å². The third-order valence-electron chi connectivity index (χ3n) is 3.58. The molecular weight excluding hydrogens is 226 g/mol. The van der Waals surface area contributed by atoms with Crippen molar-refractivity contribution in [1.29, 1.82) is 0 Å². The molecule has 3 N–H and O–H groups in total. The quantitative estimate of drug-likeness (QED) is 0.819. The van der Waals surface area contributed by atoms with E-state index in [1.807, 2.05) is 11.7 Å². The Hall–Kier alpha value is -0.910. The Kier molecular flexibility index (Phi) is 4.74. The minimum atomic E-state index is 0.187. The molecule has 0 radical (unpaired) electrons. The van der Waals surface area contributed by atoms with Crippen LogP contribution in [0.5, 0.6) is 0 Å². The van der Waals surface area contributed by atoms with Crippen LogP contribution in [0.3, 0.4) is 0 Å². The van der Waals surface area contributed by atoms with Gasteiger partial charge in [-0.05, 0) is 19.3 Å². The van der Waals surface area contributed by atoms with Crippen molar-refractivity contribution in [2.75, 3.05) is 19.6 Å². The first kappa shape index (κ1) is 13.5. The second kappa shape index (κ2) is 6.31. The number of rotatable bonds is 5. The Labute approximate surface area is 109 Å². The van der Waals surface area contributed by atoms with Crippen LogP contribution in [0.1, 0.15) is 43.5 Å². The predicted octanol–water partition coefficient (Wildman–Crippen LogP) is 0.973. The molecule has 1 atom stereocenters. The number of hydrazine groups is 1. The molecule has 5 heteroatoms. The molecule has 0 saturated carbocycles. The Bertz CT molecular complexity index is 367. The first-order valence-corrected chi connectivity index (χ1v) is 6.98. The van der Waals surface area contributed by atoms with E-state index < -0.39 is 0 Å². The molecule has 0 bridgehead atoms. The van der Waals surface area contributed by atoms with Crippen LogP contribution in [0.2, 0.25) is 0 Å². The average molecular weight is 251 g/mol. The largest absolute Gasteiger partial charge is 0.329 e. The molecule has 2 heterocycles. The van der Waals surface area contributed by atoms with Gasteiger partial charge in [0.05, 0.1) is 11.7 Å². The maximum Gasteiger partial charge on any atom is 0.0670 e. The molecule has 2 rings (SSSR count). The maximum absolute atomic E-state index is 5.93. The Morgan fingerprint density at radius 1 is 1.39 bits per heavy atom. The van der Waals surface area contributed by atoms with E-state index in [1.165, 1.54) is 24.8 Å². The molecule has 0 aromatic carbocycles. The molecule has 1 fully saturated rings. The molecule has 1 aromatic rings. The van der Waals surface area contributed by atoms with E-state index in [4.69, 9.17) is 5.73 Å². The molecule has 18 heavy (non-hydrogen) atoms. The summed E-state index contributed by atoms with van der Waals surface area (Å²) in [5.41, 5.74) is 11.9. The highest BCUT2D eigenvalue weighted by Gasteiger charge is 2.20. The Morgan fingerprint density at radius 3 is 2.72 bits per heavy atom. The fourth-order valence-corrected chi connectivity index (χ4v) is 2.61. The van der Waals surface area contributed by atoms with E-state index in [2.05, 4.69) is 28.7 Å². The first-order chi connectivity index (χ1) is 8.74. The predicted molar refractivity (Wildman–Crippen MR) is 72.9 cm³/mol. The standard InChI is InChI=1S/C13H25N5/c1-3-12-11(10-17(2)15-12)13(9-14)16-18-7-5-4-6-8-18/h10,13,16H,3-9,14H2,1-2H3. The first-order valence-electron chi connectivity index (χ1n) is 6.98. The summed E-state index contributed by atoms with van der Waals surface area (Å²) in [7, 11) is 1.97. The van der Waals surface area contributed by atoms with Crippen molar-refractivity contribution in [2.24, 2.45) is 12.8 Å². The smallest absolute Gasteiger partial charge is 0.0670 e. The zero-order chi connectivity index (χ0) is 13.0. The van der Waals surface area contributed by atoms with E-state index in [0.717, 1.165) is 25.2 Å². The van der Waals surface area contributed by atoms with Crippen molar-refractivity contribution in [2.45, 2.75) is 38.6 Å². The lowest BCUT2D eigenvalue weighted by molar-refractivity contribution is 0.130. The minimum absolute atomic E-state index is 0.187. The summed E-state index contributed by atoms with van der Waals surface area (Å²) in [6.07, 6.45) is 6.94. The SMILES string of the molecule is CCc1nn(C)cc1C(CN)NN1CCCCC1. The summed E-state index contributed by atoms with van der Waals surface area (Å²) in [5, 5.41) is 6.81. The van der Waals surface area contributed by atoms with E-state index in [0.29, 0.717) is 6.54 Å². The molecule has 1 unspecified atom stereocenters. The number of aromatic nitrogens is 2. The molecule has 102 valence electrons. The van der Waals surface area contributed by atoms with Gasteiger partial charge in [0.2, 0.25) is 0 Å². The number of aryl methyl sites for hydroxylation is 2. The summed E-state index contributed by atoms with van der Waals surface area (Å²) in [5.74, 6) is 0. The van der Waals surface area contributed by atoms with E-state index in [1.54, 1.807) is 0 Å². The normalized spacial score (nSPS) is 19.1. The van der Waals surface area contributed by atoms with Gasteiger partial charge >= 0.3 is 0 Å². The van der Waals surface area contributed by atoms with Crippen molar-refractivity contribution in [3.05, 3.63) is 17.5 Å². The van der Waals surface area contributed by atoms with Crippen LogP contribution in [0.4, 0.5) is 0 Å². The molecule has 1 aliphatic rings. The molecule has 0 aliphatic carbocycles. The molecular formula is C13H25N5. The van der Waals surface area contributed by atoms with Crippen LogP contribution >= 0.6 is 0 Å². The van der Waals surface area contributed by atoms with Crippen LogP contribution in [-0.2, 0) is 13.5 Å². The van der Waals surface area contributed by atoms with E-state index in [-0.39, 0.29) is 6.04 Å². The van der Waals surface area contributed by atoms with Crippen molar-refractivity contribution < 1.29 is 0 Å². The number of piperidine rings is 1. The topological polar surface area (TPSA) is 59.1 Å². The highest BCUT2D eigenvalue weighted by Crippen LogP contribution is 2.18. The number of hydrogen-bond donors (Lipinski definition) is 2. The highest BCUT2D eigenvalue weighted by molar-refractivity contribution is 5.21. The molecule has 5 nitrogen and oxygen atoms in total. The van der Waals surface area contributed by atoms with Gasteiger partial charge in [0.25, 0.3) is 0 Å². The van der Waals surface area contributed by atoms with Crippen molar-refractivity contribution in [3.63, 3.8) is 0 Å². The zero-order valence-corrected chi connectivity index (χ0v) is 11.5. The van der Waals surface area contributed by atoms with Gasteiger partial charge in [0.1, 0.15) is 0 Å².